The molecule has 4 heteroatoms. The van der Waals surface area contributed by atoms with Crippen molar-refractivity contribution in [3.63, 3.8) is 0 Å². The molecule has 1 unspecified atom stereocenters. The van der Waals surface area contributed by atoms with Crippen molar-refractivity contribution in [3.05, 3.63) is 65.2 Å². The van der Waals surface area contributed by atoms with E-state index in [4.69, 9.17) is 10.00 Å². The molecule has 2 rings (SSSR count). The Kier molecular flexibility index (Phi) is 5.16. The van der Waals surface area contributed by atoms with Crippen LogP contribution in [0.5, 0.6) is 5.75 Å². The van der Waals surface area contributed by atoms with Crippen LogP contribution in [0.15, 0.2) is 48.5 Å². The maximum absolute atomic E-state index is 12.0. The predicted octanol–water partition coefficient (Wildman–Crippen LogP) is 2.95. The van der Waals surface area contributed by atoms with Crippen molar-refractivity contribution in [1.82, 2.24) is 5.32 Å². The normalized spacial score (nSPS) is 11.3. The number of hydrogen-bond acceptors (Lipinski definition) is 3. The number of nitriles is 1. The van der Waals surface area contributed by atoms with Crippen LogP contribution in [0.3, 0.4) is 0 Å². The Hall–Kier alpha value is -2.80. The number of carbonyl (C=O) groups is 1. The highest BCUT2D eigenvalue weighted by molar-refractivity contribution is 5.80. The molecule has 2 aromatic rings. The van der Waals surface area contributed by atoms with Crippen molar-refractivity contribution < 1.29 is 9.53 Å². The first-order valence-corrected chi connectivity index (χ1v) is 7.08. The van der Waals surface area contributed by atoms with Crippen LogP contribution in [0.2, 0.25) is 0 Å². The van der Waals surface area contributed by atoms with Crippen LogP contribution in [0.4, 0.5) is 0 Å². The molecule has 0 saturated carbocycles. The summed E-state index contributed by atoms with van der Waals surface area (Å²) in [4.78, 5) is 12.0. The predicted molar refractivity (Wildman–Crippen MR) is 84.3 cm³/mol. The van der Waals surface area contributed by atoms with E-state index < -0.39 is 6.10 Å². The van der Waals surface area contributed by atoms with Gasteiger partial charge in [0.15, 0.2) is 6.10 Å². The minimum absolute atomic E-state index is 0.192. The number of ether oxygens (including phenoxy) is 1. The molecule has 2 aromatic carbocycles. The third-order valence-corrected chi connectivity index (χ3v) is 3.23. The Labute approximate surface area is 130 Å². The van der Waals surface area contributed by atoms with E-state index in [2.05, 4.69) is 11.4 Å². The molecule has 4 nitrogen and oxygen atoms in total. The maximum atomic E-state index is 12.0. The lowest BCUT2D eigenvalue weighted by molar-refractivity contribution is -0.127. The molecule has 0 aliphatic carbocycles. The SMILES string of the molecule is Cc1ccc(OC(C)C(=O)NCc2cccc(C#N)c2)cc1. The van der Waals surface area contributed by atoms with Crippen molar-refractivity contribution in [3.8, 4) is 11.8 Å². The third-order valence-electron chi connectivity index (χ3n) is 3.23. The topological polar surface area (TPSA) is 62.1 Å². The van der Waals surface area contributed by atoms with Crippen LogP contribution in [0.1, 0.15) is 23.6 Å². The van der Waals surface area contributed by atoms with Gasteiger partial charge in [-0.15, -0.1) is 0 Å². The van der Waals surface area contributed by atoms with Gasteiger partial charge in [-0.3, -0.25) is 4.79 Å². The molecular formula is C18H18N2O2. The zero-order chi connectivity index (χ0) is 15.9. The van der Waals surface area contributed by atoms with Gasteiger partial charge in [0.25, 0.3) is 5.91 Å². The molecule has 0 bridgehead atoms. The average molecular weight is 294 g/mol. The van der Waals surface area contributed by atoms with E-state index in [-0.39, 0.29) is 5.91 Å². The van der Waals surface area contributed by atoms with Gasteiger partial charge in [-0.05, 0) is 43.7 Å². The Morgan fingerprint density at radius 3 is 2.68 bits per heavy atom. The van der Waals surface area contributed by atoms with Gasteiger partial charge in [-0.1, -0.05) is 29.8 Å². The Bertz CT molecular complexity index is 687. The number of benzene rings is 2. The highest BCUT2D eigenvalue weighted by Crippen LogP contribution is 2.13. The summed E-state index contributed by atoms with van der Waals surface area (Å²) in [6, 6.07) is 16.8. The number of aryl methyl sites for hydroxylation is 1. The molecule has 0 heterocycles. The van der Waals surface area contributed by atoms with Crippen LogP contribution < -0.4 is 10.1 Å². The van der Waals surface area contributed by atoms with E-state index in [0.29, 0.717) is 17.9 Å². The van der Waals surface area contributed by atoms with E-state index in [9.17, 15) is 4.79 Å². The summed E-state index contributed by atoms with van der Waals surface area (Å²) in [6.45, 7) is 4.08. The van der Waals surface area contributed by atoms with Gasteiger partial charge in [-0.2, -0.15) is 5.26 Å². The van der Waals surface area contributed by atoms with Crippen LogP contribution >= 0.6 is 0 Å². The van der Waals surface area contributed by atoms with Crippen LogP contribution in [-0.2, 0) is 11.3 Å². The van der Waals surface area contributed by atoms with Gasteiger partial charge >= 0.3 is 0 Å². The van der Waals surface area contributed by atoms with Crippen LogP contribution in [-0.4, -0.2) is 12.0 Å². The highest BCUT2D eigenvalue weighted by Gasteiger charge is 2.14. The van der Waals surface area contributed by atoms with E-state index in [1.54, 1.807) is 25.1 Å². The Morgan fingerprint density at radius 1 is 1.27 bits per heavy atom. The Balaban J connectivity index is 1.88. The van der Waals surface area contributed by atoms with Crippen molar-refractivity contribution in [2.24, 2.45) is 0 Å². The summed E-state index contributed by atoms with van der Waals surface area (Å²) >= 11 is 0. The fourth-order valence-electron chi connectivity index (χ4n) is 1.96. The fourth-order valence-corrected chi connectivity index (χ4v) is 1.96. The first-order valence-electron chi connectivity index (χ1n) is 7.08. The van der Waals surface area contributed by atoms with Gasteiger partial charge in [0.2, 0.25) is 0 Å². The molecule has 112 valence electrons. The number of amides is 1. The molecule has 0 spiro atoms. The highest BCUT2D eigenvalue weighted by atomic mass is 16.5. The van der Waals surface area contributed by atoms with E-state index in [1.807, 2.05) is 37.3 Å². The molecule has 0 saturated heterocycles. The minimum atomic E-state index is -0.582. The minimum Gasteiger partial charge on any atom is -0.481 e. The number of nitrogens with zero attached hydrogens (tertiary/aromatic N) is 1. The summed E-state index contributed by atoms with van der Waals surface area (Å²) < 4.78 is 5.60. The lowest BCUT2D eigenvalue weighted by Gasteiger charge is -2.15. The number of rotatable bonds is 5. The Morgan fingerprint density at radius 2 is 2.00 bits per heavy atom. The summed E-state index contributed by atoms with van der Waals surface area (Å²) in [5.41, 5.74) is 2.60. The summed E-state index contributed by atoms with van der Waals surface area (Å²) in [5.74, 6) is 0.475. The zero-order valence-corrected chi connectivity index (χ0v) is 12.7. The molecule has 22 heavy (non-hydrogen) atoms. The first kappa shape index (κ1) is 15.6. The summed E-state index contributed by atoms with van der Waals surface area (Å²) in [5, 5.41) is 11.7. The van der Waals surface area contributed by atoms with Gasteiger partial charge in [-0.25, -0.2) is 0 Å². The molecular weight excluding hydrogens is 276 g/mol. The second-order valence-electron chi connectivity index (χ2n) is 5.10. The summed E-state index contributed by atoms with van der Waals surface area (Å²) in [7, 11) is 0. The molecule has 0 radical (unpaired) electrons. The molecule has 0 aliphatic rings. The molecule has 1 N–H and O–H groups in total. The van der Waals surface area contributed by atoms with Gasteiger partial charge in [0, 0.05) is 6.54 Å². The van der Waals surface area contributed by atoms with Crippen molar-refractivity contribution in [2.75, 3.05) is 0 Å². The van der Waals surface area contributed by atoms with Crippen molar-refractivity contribution in [2.45, 2.75) is 26.5 Å². The second kappa shape index (κ2) is 7.28. The molecule has 0 aliphatic heterocycles. The smallest absolute Gasteiger partial charge is 0.261 e. The first-order chi connectivity index (χ1) is 10.6. The van der Waals surface area contributed by atoms with Gasteiger partial charge < -0.3 is 10.1 Å². The van der Waals surface area contributed by atoms with E-state index >= 15 is 0 Å². The van der Waals surface area contributed by atoms with Crippen LogP contribution in [0, 0.1) is 18.3 Å². The van der Waals surface area contributed by atoms with Gasteiger partial charge in [0.1, 0.15) is 5.75 Å². The van der Waals surface area contributed by atoms with E-state index in [1.165, 1.54) is 0 Å². The molecule has 0 aromatic heterocycles. The van der Waals surface area contributed by atoms with Gasteiger partial charge in [0.05, 0.1) is 11.6 Å². The lowest BCUT2D eigenvalue weighted by Crippen LogP contribution is -2.35. The summed E-state index contributed by atoms with van der Waals surface area (Å²) in [6.07, 6.45) is -0.582. The quantitative estimate of drug-likeness (QED) is 0.922. The number of carbonyl (C=O) groups excluding carboxylic acids is 1. The third kappa shape index (κ3) is 4.35. The maximum Gasteiger partial charge on any atom is 0.261 e. The number of hydrogen-bond donors (Lipinski definition) is 1. The van der Waals surface area contributed by atoms with Crippen molar-refractivity contribution >= 4 is 5.91 Å². The largest absolute Gasteiger partial charge is 0.481 e. The number of nitrogens with one attached hydrogen (secondary N) is 1. The molecule has 1 atom stereocenters. The van der Waals surface area contributed by atoms with Crippen molar-refractivity contribution in [1.29, 1.82) is 5.26 Å². The standard InChI is InChI=1S/C18H18N2O2/c1-13-6-8-17(9-7-13)22-14(2)18(21)20-12-16-5-3-4-15(10-16)11-19/h3-10,14H,12H2,1-2H3,(H,20,21). The molecule has 1 amide bonds. The lowest BCUT2D eigenvalue weighted by atomic mass is 10.1. The monoisotopic (exact) mass is 294 g/mol. The van der Waals surface area contributed by atoms with Crippen LogP contribution in [0.25, 0.3) is 0 Å². The second-order valence-corrected chi connectivity index (χ2v) is 5.10. The fraction of sp³-hybridized carbons (Fsp3) is 0.222. The van der Waals surface area contributed by atoms with E-state index in [0.717, 1.165) is 11.1 Å². The molecule has 0 fully saturated rings. The average Bonchev–Trinajstić information content (AvgIpc) is 2.54. The zero-order valence-electron chi connectivity index (χ0n) is 12.7.